The van der Waals surface area contributed by atoms with Crippen molar-refractivity contribution in [2.24, 2.45) is 11.3 Å². The molecule has 2 amide bonds. The van der Waals surface area contributed by atoms with E-state index in [0.29, 0.717) is 13.0 Å². The molecule has 1 aromatic rings. The summed E-state index contributed by atoms with van der Waals surface area (Å²) in [7, 11) is -0.298. The van der Waals surface area contributed by atoms with Gasteiger partial charge in [-0.3, -0.25) is 9.59 Å². The third kappa shape index (κ3) is 13.2. The lowest BCUT2D eigenvalue weighted by molar-refractivity contribution is -0.132. The third-order valence-corrected chi connectivity index (χ3v) is 7.65. The number of aliphatic hydroxyl groups excluding tert-OH is 1. The normalized spacial score (nSPS) is 14.9. The number of hydrogen-bond donors (Lipinski definition) is 4. The standard InChI is InChI=1S/C28H51N5O5S/c1-9-10-16-29-39(37,38)33(18-21(2)3)19-24(34)23(17-22-14-12-11-13-15-22)30-27(36)26(28(4,5)6)31-25(35)20-32(7)8/h11-15,21,23-24,26,29,34H,9-10,16-20H2,1-8H3,(H,30,36)(H,31,35)/t23-,24+,26+/m0/s1. The number of hydrogen-bond acceptors (Lipinski definition) is 6. The van der Waals surface area contributed by atoms with Gasteiger partial charge < -0.3 is 20.6 Å². The van der Waals surface area contributed by atoms with E-state index in [9.17, 15) is 23.1 Å². The first-order valence-electron chi connectivity index (χ1n) is 13.8. The van der Waals surface area contributed by atoms with E-state index in [1.807, 2.05) is 71.9 Å². The molecule has 10 nitrogen and oxygen atoms in total. The minimum absolute atomic E-state index is 0.0271. The van der Waals surface area contributed by atoms with Crippen LogP contribution in [0, 0.1) is 11.3 Å². The summed E-state index contributed by atoms with van der Waals surface area (Å²) in [4.78, 5) is 27.8. The Labute approximate surface area is 236 Å². The Hall–Kier alpha value is -2.05. The lowest BCUT2D eigenvalue weighted by Crippen LogP contribution is -2.59. The minimum Gasteiger partial charge on any atom is -0.390 e. The summed E-state index contributed by atoms with van der Waals surface area (Å²) in [6, 6.07) is 7.74. The Morgan fingerprint density at radius 2 is 1.64 bits per heavy atom. The lowest BCUT2D eigenvalue weighted by Gasteiger charge is -2.34. The second-order valence-electron chi connectivity index (χ2n) is 11.9. The summed E-state index contributed by atoms with van der Waals surface area (Å²) in [6.45, 7) is 11.8. The largest absolute Gasteiger partial charge is 0.390 e. The molecule has 0 spiro atoms. The highest BCUT2D eigenvalue weighted by atomic mass is 32.2. The molecule has 0 aliphatic carbocycles. The van der Waals surface area contributed by atoms with Gasteiger partial charge in [-0.15, -0.1) is 0 Å². The van der Waals surface area contributed by atoms with Gasteiger partial charge in [0, 0.05) is 19.6 Å². The number of benzene rings is 1. The number of likely N-dealkylation sites (N-methyl/N-ethyl adjacent to an activating group) is 1. The van der Waals surface area contributed by atoms with E-state index in [0.717, 1.165) is 12.0 Å². The quantitative estimate of drug-likeness (QED) is 0.212. The first kappa shape index (κ1) is 35.0. The van der Waals surface area contributed by atoms with Crippen LogP contribution in [0.3, 0.4) is 0 Å². The number of nitrogens with one attached hydrogen (secondary N) is 3. The highest BCUT2D eigenvalue weighted by Gasteiger charge is 2.36. The fraction of sp³-hybridized carbons (Fsp3) is 0.714. The Morgan fingerprint density at radius 3 is 2.15 bits per heavy atom. The molecule has 0 saturated heterocycles. The van der Waals surface area contributed by atoms with Crippen LogP contribution in [0.1, 0.15) is 59.9 Å². The van der Waals surface area contributed by atoms with Crippen LogP contribution in [-0.2, 0) is 26.2 Å². The highest BCUT2D eigenvalue weighted by Crippen LogP contribution is 2.20. The molecule has 0 aromatic heterocycles. The Balaban J connectivity index is 3.25. The number of rotatable bonds is 17. The van der Waals surface area contributed by atoms with Gasteiger partial charge in [-0.2, -0.15) is 12.7 Å². The molecule has 39 heavy (non-hydrogen) atoms. The Bertz CT molecular complexity index is 980. The predicted molar refractivity (Wildman–Crippen MR) is 156 cm³/mol. The van der Waals surface area contributed by atoms with E-state index < -0.39 is 39.7 Å². The van der Waals surface area contributed by atoms with Gasteiger partial charge in [0.2, 0.25) is 11.8 Å². The fourth-order valence-corrected chi connectivity index (χ4v) is 5.50. The average molecular weight is 570 g/mol. The van der Waals surface area contributed by atoms with Gasteiger partial charge in [0.15, 0.2) is 0 Å². The summed E-state index contributed by atoms with van der Waals surface area (Å²) in [6.07, 6.45) is 0.640. The molecular formula is C28H51N5O5S. The van der Waals surface area contributed by atoms with Crippen LogP contribution in [-0.4, -0.2) is 93.0 Å². The summed E-state index contributed by atoms with van der Waals surface area (Å²) in [5, 5.41) is 17.1. The molecule has 0 saturated carbocycles. The summed E-state index contributed by atoms with van der Waals surface area (Å²) < 4.78 is 30.1. The zero-order chi connectivity index (χ0) is 29.8. The van der Waals surface area contributed by atoms with Crippen LogP contribution < -0.4 is 15.4 Å². The molecular weight excluding hydrogens is 518 g/mol. The SMILES string of the molecule is CCCCNS(=O)(=O)N(CC(C)C)C[C@@H](O)[C@H](Cc1ccccc1)NC(=O)[C@@H](NC(=O)CN(C)C)C(C)(C)C. The van der Waals surface area contributed by atoms with Gasteiger partial charge in [0.05, 0.1) is 18.7 Å². The van der Waals surface area contributed by atoms with Crippen LogP contribution in [0.25, 0.3) is 0 Å². The van der Waals surface area contributed by atoms with Crippen LogP contribution >= 0.6 is 0 Å². The Kier molecular flexibility index (Phi) is 14.6. The highest BCUT2D eigenvalue weighted by molar-refractivity contribution is 7.87. The minimum atomic E-state index is -3.84. The van der Waals surface area contributed by atoms with E-state index in [-0.39, 0.29) is 37.9 Å². The molecule has 3 atom stereocenters. The zero-order valence-corrected chi connectivity index (χ0v) is 25.8. The topological polar surface area (TPSA) is 131 Å². The Morgan fingerprint density at radius 1 is 1.03 bits per heavy atom. The molecule has 224 valence electrons. The third-order valence-electron chi connectivity index (χ3n) is 6.10. The van der Waals surface area contributed by atoms with Crippen LogP contribution in [0.5, 0.6) is 0 Å². The maximum atomic E-state index is 13.6. The molecule has 0 unspecified atom stereocenters. The molecule has 0 fully saturated rings. The van der Waals surface area contributed by atoms with Crippen molar-refractivity contribution in [3.05, 3.63) is 35.9 Å². The molecule has 0 heterocycles. The fourth-order valence-electron chi connectivity index (χ4n) is 4.07. The van der Waals surface area contributed by atoms with Crippen LogP contribution in [0.4, 0.5) is 0 Å². The van der Waals surface area contributed by atoms with E-state index >= 15 is 0 Å². The lowest BCUT2D eigenvalue weighted by atomic mass is 9.85. The van der Waals surface area contributed by atoms with Gasteiger partial charge >= 0.3 is 0 Å². The molecule has 11 heteroatoms. The van der Waals surface area contributed by atoms with Crippen molar-refractivity contribution in [3.63, 3.8) is 0 Å². The summed E-state index contributed by atoms with van der Waals surface area (Å²) >= 11 is 0. The van der Waals surface area contributed by atoms with Gasteiger partial charge in [-0.1, -0.05) is 78.3 Å². The molecule has 1 aromatic carbocycles. The molecule has 0 aliphatic heterocycles. The molecule has 0 bridgehead atoms. The predicted octanol–water partition coefficient (Wildman–Crippen LogP) is 1.76. The van der Waals surface area contributed by atoms with Crippen LogP contribution in [0.2, 0.25) is 0 Å². The van der Waals surface area contributed by atoms with Gasteiger partial charge in [0.25, 0.3) is 10.2 Å². The molecule has 0 aliphatic rings. The molecule has 0 radical (unpaired) electrons. The smallest absolute Gasteiger partial charge is 0.279 e. The molecule has 1 rings (SSSR count). The monoisotopic (exact) mass is 569 g/mol. The summed E-state index contributed by atoms with van der Waals surface area (Å²) in [5.41, 5.74) is 0.273. The first-order chi connectivity index (χ1) is 18.1. The van der Waals surface area contributed by atoms with Crippen LogP contribution in [0.15, 0.2) is 30.3 Å². The van der Waals surface area contributed by atoms with Crippen molar-refractivity contribution in [2.45, 2.75) is 79.0 Å². The van der Waals surface area contributed by atoms with E-state index in [4.69, 9.17) is 0 Å². The number of amides is 2. The first-order valence-corrected chi connectivity index (χ1v) is 15.2. The number of aliphatic hydroxyl groups is 1. The maximum absolute atomic E-state index is 13.6. The number of unbranched alkanes of at least 4 members (excludes halogenated alkanes) is 1. The maximum Gasteiger partial charge on any atom is 0.279 e. The number of carbonyl (C=O) groups is 2. The number of carbonyl (C=O) groups excluding carboxylic acids is 2. The van der Waals surface area contributed by atoms with Gasteiger partial charge in [-0.25, -0.2) is 4.72 Å². The number of nitrogens with zero attached hydrogens (tertiary/aromatic N) is 2. The van der Waals surface area contributed by atoms with Gasteiger partial charge in [-0.05, 0) is 43.8 Å². The van der Waals surface area contributed by atoms with E-state index in [1.54, 1.807) is 19.0 Å². The van der Waals surface area contributed by atoms with Crippen molar-refractivity contribution in [1.82, 2.24) is 24.6 Å². The van der Waals surface area contributed by atoms with E-state index in [1.165, 1.54) is 4.31 Å². The second-order valence-corrected chi connectivity index (χ2v) is 13.7. The van der Waals surface area contributed by atoms with E-state index in [2.05, 4.69) is 15.4 Å². The van der Waals surface area contributed by atoms with Crippen molar-refractivity contribution in [3.8, 4) is 0 Å². The zero-order valence-electron chi connectivity index (χ0n) is 25.0. The summed E-state index contributed by atoms with van der Waals surface area (Å²) in [5.74, 6) is -0.698. The second kappa shape index (κ2) is 16.3. The van der Waals surface area contributed by atoms with Crippen molar-refractivity contribution < 1.29 is 23.1 Å². The average Bonchev–Trinajstić information content (AvgIpc) is 2.81. The van der Waals surface area contributed by atoms with Gasteiger partial charge in [0.1, 0.15) is 6.04 Å². The van der Waals surface area contributed by atoms with Crippen molar-refractivity contribution >= 4 is 22.0 Å². The van der Waals surface area contributed by atoms with Crippen molar-refractivity contribution in [2.75, 3.05) is 40.3 Å². The molecule has 4 N–H and O–H groups in total. The van der Waals surface area contributed by atoms with Crippen molar-refractivity contribution in [1.29, 1.82) is 0 Å².